The predicted molar refractivity (Wildman–Crippen MR) is 105 cm³/mol. The van der Waals surface area contributed by atoms with Crippen LogP contribution in [0.1, 0.15) is 20.3 Å². The maximum atomic E-state index is 11.6. The number of hydrogen-bond donors (Lipinski definition) is 2. The Morgan fingerprint density at radius 1 is 1.42 bits per heavy atom. The average molecular weight is 401 g/mol. The molecule has 0 spiro atoms. The molecule has 0 aromatic carbocycles. The minimum absolute atomic E-state index is 0.195. The van der Waals surface area contributed by atoms with Gasteiger partial charge in [0.1, 0.15) is 11.2 Å². The number of nitrogens with zero attached hydrogens (tertiary/aromatic N) is 4. The third-order valence-electron chi connectivity index (χ3n) is 3.49. The van der Waals surface area contributed by atoms with Crippen LogP contribution in [0.25, 0.3) is 11.0 Å². The van der Waals surface area contributed by atoms with Gasteiger partial charge in [-0.05, 0) is 13.3 Å². The fourth-order valence-corrected chi connectivity index (χ4v) is 2.96. The fraction of sp³-hybridized carbons (Fsp3) is 0.625. The van der Waals surface area contributed by atoms with E-state index < -0.39 is 5.38 Å². The van der Waals surface area contributed by atoms with Crippen molar-refractivity contribution in [1.29, 1.82) is 0 Å². The molecule has 0 aliphatic rings. The number of carbonyl (C=O) groups excluding carboxylic acids is 1. The largest absolute Gasteiger partial charge is 0.383 e. The molecule has 0 saturated heterocycles. The lowest BCUT2D eigenvalue weighted by molar-refractivity contribution is -0.120. The van der Waals surface area contributed by atoms with Crippen molar-refractivity contribution in [3.8, 4) is 0 Å². The van der Waals surface area contributed by atoms with E-state index in [1.807, 2.05) is 0 Å². The Morgan fingerprint density at radius 2 is 2.23 bits per heavy atom. The zero-order valence-electron chi connectivity index (χ0n) is 15.3. The van der Waals surface area contributed by atoms with Crippen molar-refractivity contribution in [1.82, 2.24) is 25.1 Å². The number of amides is 1. The lowest BCUT2D eigenvalue weighted by Gasteiger charge is -2.10. The van der Waals surface area contributed by atoms with E-state index in [4.69, 9.17) is 16.3 Å². The number of anilines is 1. The third kappa shape index (κ3) is 5.72. The maximum absolute atomic E-state index is 11.6. The highest BCUT2D eigenvalue weighted by atomic mass is 35.5. The second-order valence-electron chi connectivity index (χ2n) is 5.63. The van der Waals surface area contributed by atoms with Gasteiger partial charge in [-0.1, -0.05) is 18.7 Å². The number of thioether (sulfide) groups is 1. The maximum Gasteiger partial charge on any atom is 0.237 e. The predicted octanol–water partition coefficient (Wildman–Crippen LogP) is 2.13. The van der Waals surface area contributed by atoms with Gasteiger partial charge in [0.2, 0.25) is 5.91 Å². The molecule has 0 aliphatic heterocycles. The highest BCUT2D eigenvalue weighted by Crippen LogP contribution is 2.24. The molecule has 0 aliphatic carbocycles. The molecule has 144 valence electrons. The monoisotopic (exact) mass is 400 g/mol. The fourth-order valence-electron chi connectivity index (χ4n) is 2.19. The molecule has 1 unspecified atom stereocenters. The van der Waals surface area contributed by atoms with Crippen LogP contribution in [0.3, 0.4) is 0 Å². The van der Waals surface area contributed by atoms with Gasteiger partial charge in [-0.3, -0.25) is 4.79 Å². The number of halogens is 1. The Bertz CT molecular complexity index is 724. The summed E-state index contributed by atoms with van der Waals surface area (Å²) in [7, 11) is 1.66. The van der Waals surface area contributed by atoms with Crippen LogP contribution in [0.4, 0.5) is 5.82 Å². The van der Waals surface area contributed by atoms with Crippen molar-refractivity contribution in [2.45, 2.75) is 37.3 Å². The molecule has 10 heteroatoms. The number of hydrogen-bond acceptors (Lipinski definition) is 7. The Morgan fingerprint density at radius 3 is 2.92 bits per heavy atom. The van der Waals surface area contributed by atoms with E-state index in [1.54, 1.807) is 36.7 Å². The summed E-state index contributed by atoms with van der Waals surface area (Å²) in [4.78, 5) is 20.8. The van der Waals surface area contributed by atoms with Crippen LogP contribution in [0, 0.1) is 0 Å². The van der Waals surface area contributed by atoms with Gasteiger partial charge in [-0.2, -0.15) is 5.10 Å². The van der Waals surface area contributed by atoms with Crippen LogP contribution < -0.4 is 10.6 Å². The van der Waals surface area contributed by atoms with E-state index in [9.17, 15) is 4.79 Å². The number of rotatable bonds is 11. The van der Waals surface area contributed by atoms with Crippen LogP contribution in [0.5, 0.6) is 0 Å². The summed E-state index contributed by atoms with van der Waals surface area (Å²) in [6.45, 7) is 5.93. The number of ether oxygens (including phenoxy) is 1. The normalized spacial score (nSPS) is 12.3. The molecule has 2 rings (SSSR count). The molecule has 2 aromatic heterocycles. The second-order valence-corrected chi connectivity index (χ2v) is 7.35. The van der Waals surface area contributed by atoms with Gasteiger partial charge in [0, 0.05) is 26.0 Å². The molecule has 26 heavy (non-hydrogen) atoms. The number of methoxy groups -OCH3 is 1. The minimum atomic E-state index is -0.555. The van der Waals surface area contributed by atoms with Crippen molar-refractivity contribution in [3.05, 3.63) is 6.20 Å². The second kappa shape index (κ2) is 10.5. The van der Waals surface area contributed by atoms with E-state index in [2.05, 4.69) is 32.6 Å². The van der Waals surface area contributed by atoms with Gasteiger partial charge in [-0.25, -0.2) is 14.6 Å². The summed E-state index contributed by atoms with van der Waals surface area (Å²) < 4.78 is 6.86. The van der Waals surface area contributed by atoms with Crippen LogP contribution in [0.2, 0.25) is 0 Å². The summed E-state index contributed by atoms with van der Waals surface area (Å²) in [5.41, 5.74) is 0.742. The molecule has 2 heterocycles. The molecule has 1 atom stereocenters. The van der Waals surface area contributed by atoms with Crippen molar-refractivity contribution in [2.75, 3.05) is 37.9 Å². The number of aromatic nitrogens is 4. The molecule has 8 nitrogen and oxygen atoms in total. The summed E-state index contributed by atoms with van der Waals surface area (Å²) in [6.07, 6.45) is 2.78. The molecule has 1 amide bonds. The first kappa shape index (κ1) is 20.7. The van der Waals surface area contributed by atoms with Crippen molar-refractivity contribution in [3.63, 3.8) is 0 Å². The first-order valence-corrected chi connectivity index (χ1v) is 10.00. The van der Waals surface area contributed by atoms with Crippen molar-refractivity contribution < 1.29 is 9.53 Å². The van der Waals surface area contributed by atoms with Crippen LogP contribution in [-0.2, 0) is 16.1 Å². The van der Waals surface area contributed by atoms with Gasteiger partial charge in [-0.15, -0.1) is 11.6 Å². The molecule has 0 saturated carbocycles. The van der Waals surface area contributed by atoms with Crippen LogP contribution in [0.15, 0.2) is 11.4 Å². The summed E-state index contributed by atoms with van der Waals surface area (Å²) in [5.74, 6) is 1.50. The molecule has 0 radical (unpaired) electrons. The lowest BCUT2D eigenvalue weighted by Crippen LogP contribution is -2.32. The van der Waals surface area contributed by atoms with Gasteiger partial charge in [0.05, 0.1) is 24.7 Å². The highest BCUT2D eigenvalue weighted by Gasteiger charge is 2.14. The van der Waals surface area contributed by atoms with E-state index in [0.717, 1.165) is 29.0 Å². The van der Waals surface area contributed by atoms with E-state index >= 15 is 0 Å². The summed E-state index contributed by atoms with van der Waals surface area (Å²) in [5, 5.41) is 11.5. The van der Waals surface area contributed by atoms with Crippen LogP contribution in [-0.4, -0.2) is 63.6 Å². The van der Waals surface area contributed by atoms with E-state index in [1.165, 1.54) is 0 Å². The van der Waals surface area contributed by atoms with Gasteiger partial charge >= 0.3 is 0 Å². The first-order chi connectivity index (χ1) is 12.6. The topological polar surface area (TPSA) is 94.0 Å². The van der Waals surface area contributed by atoms with Crippen molar-refractivity contribution >= 4 is 46.1 Å². The Labute approximate surface area is 162 Å². The van der Waals surface area contributed by atoms with Crippen molar-refractivity contribution in [2.24, 2.45) is 0 Å². The molecule has 0 bridgehead atoms. The zero-order valence-corrected chi connectivity index (χ0v) is 16.9. The smallest absolute Gasteiger partial charge is 0.237 e. The number of alkyl halides is 1. The quantitative estimate of drug-likeness (QED) is 0.258. The first-order valence-electron chi connectivity index (χ1n) is 8.57. The van der Waals surface area contributed by atoms with Crippen LogP contribution >= 0.6 is 23.4 Å². The number of nitrogens with one attached hydrogen (secondary N) is 2. The Kier molecular flexibility index (Phi) is 8.40. The number of carbonyl (C=O) groups is 1. The lowest BCUT2D eigenvalue weighted by atomic mass is 10.4. The number of fused-ring (bicyclic) bond motifs is 1. The third-order valence-corrected chi connectivity index (χ3v) is 4.75. The van der Waals surface area contributed by atoms with Gasteiger partial charge in [0.25, 0.3) is 0 Å². The average Bonchev–Trinajstić information content (AvgIpc) is 3.03. The summed E-state index contributed by atoms with van der Waals surface area (Å²) >= 11 is 7.37. The Balaban J connectivity index is 2.19. The SMILES string of the molecule is CCCSc1nc(NCCOC)c2cnn(CCNC(=O)C(C)Cl)c2n1. The molecule has 2 aromatic rings. The standard InChI is InChI=1S/C16H25ClN6O2S/c1-4-9-26-16-21-13(18-6-8-25-3)12-10-20-23(14(12)22-16)7-5-19-15(24)11(2)17/h10-11H,4-9H2,1-3H3,(H,19,24)(H,18,21,22). The highest BCUT2D eigenvalue weighted by molar-refractivity contribution is 7.99. The minimum Gasteiger partial charge on any atom is -0.383 e. The molecule has 0 fully saturated rings. The molecule has 2 N–H and O–H groups in total. The summed E-state index contributed by atoms with van der Waals surface area (Å²) in [6, 6.07) is 0. The Hall–Kier alpha value is -1.58. The van der Waals surface area contributed by atoms with E-state index in [-0.39, 0.29) is 5.91 Å². The zero-order chi connectivity index (χ0) is 18.9. The van der Waals surface area contributed by atoms with E-state index in [0.29, 0.717) is 31.4 Å². The van der Waals surface area contributed by atoms with Gasteiger partial charge < -0.3 is 15.4 Å². The molecular formula is C16H25ClN6O2S. The molecular weight excluding hydrogens is 376 g/mol. The van der Waals surface area contributed by atoms with Gasteiger partial charge in [0.15, 0.2) is 10.8 Å².